The van der Waals surface area contributed by atoms with Gasteiger partial charge >= 0.3 is 0 Å². The lowest BCUT2D eigenvalue weighted by Gasteiger charge is -2.03. The largest absolute Gasteiger partial charge is 0.325 e. The number of anilines is 1. The van der Waals surface area contributed by atoms with E-state index in [0.717, 1.165) is 28.1 Å². The van der Waals surface area contributed by atoms with Crippen molar-refractivity contribution in [3.63, 3.8) is 0 Å². The highest BCUT2D eigenvalue weighted by Gasteiger charge is 2.08. The molecule has 90 valence electrons. The highest BCUT2D eigenvalue weighted by Crippen LogP contribution is 2.22. The maximum Gasteiger partial charge on any atom is 0.225 e. The molecule has 2 rings (SSSR count). The topological polar surface area (TPSA) is 54.4 Å². The molecule has 0 saturated carbocycles. The van der Waals surface area contributed by atoms with Crippen LogP contribution >= 0.6 is 23.5 Å². The van der Waals surface area contributed by atoms with Gasteiger partial charge in [0.15, 0.2) is 0 Å². The number of hydrogen-bond acceptors (Lipinski definition) is 5. The van der Waals surface area contributed by atoms with Crippen LogP contribution in [0.15, 0.2) is 29.5 Å². The van der Waals surface area contributed by atoms with E-state index in [4.69, 9.17) is 0 Å². The second kappa shape index (κ2) is 6.66. The number of rotatable bonds is 4. The molecule has 1 amide bonds. The van der Waals surface area contributed by atoms with E-state index in [1.165, 1.54) is 0 Å². The number of carbonyl (C=O) groups is 1. The Bertz CT molecular complexity index is 408. The first-order valence-corrected chi connectivity index (χ1v) is 7.31. The van der Waals surface area contributed by atoms with Gasteiger partial charge in [-0.05, 0) is 12.1 Å². The number of amides is 1. The van der Waals surface area contributed by atoms with E-state index >= 15 is 0 Å². The number of aromatic nitrogens is 1. The fourth-order valence-electron chi connectivity index (χ4n) is 1.29. The van der Waals surface area contributed by atoms with E-state index in [-0.39, 0.29) is 5.91 Å². The van der Waals surface area contributed by atoms with Crippen molar-refractivity contribution in [1.29, 1.82) is 0 Å². The lowest BCUT2D eigenvalue weighted by molar-refractivity contribution is -0.115. The number of carbonyl (C=O) groups excluding carboxylic acids is 1. The first kappa shape index (κ1) is 12.4. The van der Waals surface area contributed by atoms with E-state index in [1.807, 2.05) is 6.07 Å². The molecule has 0 bridgehead atoms. The minimum atomic E-state index is 0.0223. The molecule has 1 N–H and O–H groups in total. The zero-order chi connectivity index (χ0) is 11.9. The Balaban J connectivity index is 1.67. The lowest BCUT2D eigenvalue weighted by atomic mass is 10.4. The van der Waals surface area contributed by atoms with Crippen molar-refractivity contribution in [2.45, 2.75) is 6.42 Å². The minimum absolute atomic E-state index is 0.0223. The predicted molar refractivity (Wildman–Crippen MR) is 74.7 cm³/mol. The SMILES string of the molecule is O=C(CCSC1=NCCS1)Nc1cccnc1. The summed E-state index contributed by atoms with van der Waals surface area (Å²) in [6, 6.07) is 3.63. The first-order chi connectivity index (χ1) is 8.34. The van der Waals surface area contributed by atoms with Gasteiger partial charge in [0.25, 0.3) is 0 Å². The predicted octanol–water partition coefficient (Wildman–Crippen LogP) is 2.25. The van der Waals surface area contributed by atoms with Crippen molar-refractivity contribution >= 4 is 39.5 Å². The highest BCUT2D eigenvalue weighted by atomic mass is 32.2. The standard InChI is InChI=1S/C11H13N3OS2/c15-10(14-9-2-1-4-12-8-9)3-6-16-11-13-5-7-17-11/h1-2,4,8H,3,5-7H2,(H,14,15). The summed E-state index contributed by atoms with van der Waals surface area (Å²) >= 11 is 3.43. The summed E-state index contributed by atoms with van der Waals surface area (Å²) in [6.45, 7) is 0.912. The van der Waals surface area contributed by atoms with Crippen molar-refractivity contribution in [3.8, 4) is 0 Å². The summed E-state index contributed by atoms with van der Waals surface area (Å²) in [6.07, 6.45) is 3.82. The van der Waals surface area contributed by atoms with Gasteiger partial charge in [-0.1, -0.05) is 23.5 Å². The molecule has 1 aliphatic heterocycles. The van der Waals surface area contributed by atoms with Crippen LogP contribution in [0.3, 0.4) is 0 Å². The molecule has 0 radical (unpaired) electrons. The summed E-state index contributed by atoms with van der Waals surface area (Å²) < 4.78 is 1.11. The monoisotopic (exact) mass is 267 g/mol. The Labute approximate surface area is 109 Å². The van der Waals surface area contributed by atoms with Gasteiger partial charge in [0.05, 0.1) is 18.4 Å². The van der Waals surface area contributed by atoms with E-state index < -0.39 is 0 Å². The molecule has 2 heterocycles. The number of nitrogens with zero attached hydrogens (tertiary/aromatic N) is 2. The van der Waals surface area contributed by atoms with Gasteiger partial charge in [0, 0.05) is 24.1 Å². The average Bonchev–Trinajstić information content (AvgIpc) is 2.83. The van der Waals surface area contributed by atoms with Crippen molar-refractivity contribution in [2.75, 3.05) is 23.4 Å². The third kappa shape index (κ3) is 4.40. The molecule has 6 heteroatoms. The molecule has 0 atom stereocenters. The van der Waals surface area contributed by atoms with Gasteiger partial charge in [0.1, 0.15) is 4.38 Å². The lowest BCUT2D eigenvalue weighted by Crippen LogP contribution is -2.12. The maximum atomic E-state index is 11.6. The zero-order valence-corrected chi connectivity index (χ0v) is 10.9. The van der Waals surface area contributed by atoms with Crippen molar-refractivity contribution < 1.29 is 4.79 Å². The van der Waals surface area contributed by atoms with Crippen molar-refractivity contribution in [2.24, 2.45) is 4.99 Å². The molecule has 1 aliphatic rings. The van der Waals surface area contributed by atoms with Gasteiger partial charge in [-0.2, -0.15) is 0 Å². The second-order valence-corrected chi connectivity index (χ2v) is 5.81. The summed E-state index contributed by atoms with van der Waals surface area (Å²) in [7, 11) is 0. The first-order valence-electron chi connectivity index (χ1n) is 5.34. The summed E-state index contributed by atoms with van der Waals surface area (Å²) in [5.74, 6) is 1.87. The maximum absolute atomic E-state index is 11.6. The Kier molecular flexibility index (Phi) is 4.88. The van der Waals surface area contributed by atoms with E-state index in [1.54, 1.807) is 42.0 Å². The zero-order valence-electron chi connectivity index (χ0n) is 9.26. The summed E-state index contributed by atoms with van der Waals surface area (Å²) in [5.41, 5.74) is 0.745. The second-order valence-electron chi connectivity index (χ2n) is 3.38. The Morgan fingerprint density at radius 2 is 2.53 bits per heavy atom. The summed E-state index contributed by atoms with van der Waals surface area (Å²) in [5, 5.41) is 2.81. The molecule has 0 aromatic carbocycles. The molecule has 0 aliphatic carbocycles. The quantitative estimate of drug-likeness (QED) is 0.909. The molecular formula is C11H13N3OS2. The molecule has 4 nitrogen and oxygen atoms in total. The number of aliphatic imine (C=N–C) groups is 1. The van der Waals surface area contributed by atoms with Crippen molar-refractivity contribution in [3.05, 3.63) is 24.5 Å². The number of nitrogens with one attached hydrogen (secondary N) is 1. The van der Waals surface area contributed by atoms with Crippen LogP contribution in [0.4, 0.5) is 5.69 Å². The number of hydrogen-bond donors (Lipinski definition) is 1. The molecule has 0 fully saturated rings. The molecule has 1 aromatic rings. The van der Waals surface area contributed by atoms with Gasteiger partial charge in [0.2, 0.25) is 5.91 Å². The molecule has 17 heavy (non-hydrogen) atoms. The van der Waals surface area contributed by atoms with Crippen LogP contribution in [0.5, 0.6) is 0 Å². The van der Waals surface area contributed by atoms with Gasteiger partial charge in [-0.25, -0.2) is 0 Å². The smallest absolute Gasteiger partial charge is 0.225 e. The van der Waals surface area contributed by atoms with Crippen molar-refractivity contribution in [1.82, 2.24) is 4.98 Å². The number of pyridine rings is 1. The van der Waals surface area contributed by atoms with Gasteiger partial charge in [-0.3, -0.25) is 14.8 Å². The van der Waals surface area contributed by atoms with E-state index in [9.17, 15) is 4.79 Å². The van der Waals surface area contributed by atoms with Crippen LogP contribution in [0.2, 0.25) is 0 Å². The van der Waals surface area contributed by atoms with E-state index in [0.29, 0.717) is 6.42 Å². The third-order valence-electron chi connectivity index (χ3n) is 2.06. The Morgan fingerprint density at radius 1 is 1.59 bits per heavy atom. The van der Waals surface area contributed by atoms with Crippen LogP contribution in [0.1, 0.15) is 6.42 Å². The van der Waals surface area contributed by atoms with E-state index in [2.05, 4.69) is 15.3 Å². The summed E-state index contributed by atoms with van der Waals surface area (Å²) in [4.78, 5) is 19.8. The van der Waals surface area contributed by atoms with Crippen LogP contribution in [-0.4, -0.2) is 33.3 Å². The van der Waals surface area contributed by atoms with Crippen LogP contribution in [0, 0.1) is 0 Å². The Hall–Kier alpha value is -1.01. The fourth-order valence-corrected chi connectivity index (χ4v) is 3.31. The molecule has 0 unspecified atom stereocenters. The van der Waals surface area contributed by atoms with Crippen LogP contribution < -0.4 is 5.32 Å². The normalized spacial score (nSPS) is 14.5. The van der Waals surface area contributed by atoms with Gasteiger partial charge in [-0.15, -0.1) is 0 Å². The van der Waals surface area contributed by atoms with Gasteiger partial charge < -0.3 is 5.32 Å². The van der Waals surface area contributed by atoms with Crippen LogP contribution in [-0.2, 0) is 4.79 Å². The fraction of sp³-hybridized carbons (Fsp3) is 0.364. The molecular weight excluding hydrogens is 254 g/mol. The number of thioether (sulfide) groups is 2. The highest BCUT2D eigenvalue weighted by molar-refractivity contribution is 8.39. The van der Waals surface area contributed by atoms with Crippen LogP contribution in [0.25, 0.3) is 0 Å². The minimum Gasteiger partial charge on any atom is -0.325 e. The molecule has 0 spiro atoms. The Morgan fingerprint density at radius 3 is 3.24 bits per heavy atom. The molecule has 0 saturated heterocycles. The third-order valence-corrected chi connectivity index (χ3v) is 4.31. The molecule has 1 aromatic heterocycles. The average molecular weight is 267 g/mol.